The van der Waals surface area contributed by atoms with Gasteiger partial charge in [0.05, 0.1) is 18.7 Å². The number of hydrogen-bond donors (Lipinski definition) is 1. The van der Waals surface area contributed by atoms with Crippen LogP contribution in [0.25, 0.3) is 10.4 Å². The summed E-state index contributed by atoms with van der Waals surface area (Å²) < 4.78 is 23.5. The zero-order valence-electron chi connectivity index (χ0n) is 8.98. The molecular formula is C8H8N4O5S. The quantitative estimate of drug-likeness (QED) is 0.322. The molecule has 96 valence electrons. The van der Waals surface area contributed by atoms with E-state index in [1.54, 1.807) is 0 Å². The molecule has 1 atom stereocenters. The average Bonchev–Trinajstić information content (AvgIpc) is 2.26. The van der Waals surface area contributed by atoms with Crippen molar-refractivity contribution in [3.8, 4) is 0 Å². The highest BCUT2D eigenvalue weighted by Crippen LogP contribution is 2.36. The van der Waals surface area contributed by atoms with Gasteiger partial charge < -0.3 is 5.11 Å². The number of nitrogens with zero attached hydrogens (tertiary/aromatic N) is 4. The minimum absolute atomic E-state index is 0.0652. The van der Waals surface area contributed by atoms with Crippen molar-refractivity contribution in [2.75, 3.05) is 12.3 Å². The number of aliphatic carboxylic acids is 1. The molecule has 0 saturated carbocycles. The van der Waals surface area contributed by atoms with E-state index in [9.17, 15) is 18.0 Å². The third-order valence-corrected chi connectivity index (χ3v) is 4.76. The molecule has 0 aromatic carbocycles. The largest absolute Gasteiger partial charge is 0.477 e. The number of carbonyl (C=O) groups excluding carboxylic acids is 1. The van der Waals surface area contributed by atoms with Crippen LogP contribution >= 0.6 is 0 Å². The number of hydrogen-bond acceptors (Lipinski definition) is 5. The van der Waals surface area contributed by atoms with Crippen molar-refractivity contribution in [3.05, 3.63) is 21.7 Å². The van der Waals surface area contributed by atoms with Gasteiger partial charge in [-0.1, -0.05) is 5.11 Å². The van der Waals surface area contributed by atoms with Crippen LogP contribution in [-0.4, -0.2) is 48.0 Å². The first-order valence-corrected chi connectivity index (χ1v) is 6.60. The number of carboxylic acids is 1. The van der Waals surface area contributed by atoms with E-state index in [1.165, 1.54) is 0 Å². The lowest BCUT2D eigenvalue weighted by Crippen LogP contribution is -2.60. The summed E-state index contributed by atoms with van der Waals surface area (Å²) in [6, 6.07) is 0. The van der Waals surface area contributed by atoms with Crippen LogP contribution in [-0.2, 0) is 19.4 Å². The monoisotopic (exact) mass is 272 g/mol. The standard InChI is InChI=1S/C8H8N4O5S/c9-11-10-2-4-3-18(16,17)6-1-5(13)12(6)7(4)8(14)15/h6H,1-3H2,(H,14,15)/t6-/m0/s1. The van der Waals surface area contributed by atoms with Gasteiger partial charge in [0.1, 0.15) is 11.1 Å². The molecular weight excluding hydrogens is 264 g/mol. The third-order valence-electron chi connectivity index (χ3n) is 2.80. The summed E-state index contributed by atoms with van der Waals surface area (Å²) in [5.74, 6) is -2.45. The molecule has 0 aliphatic carbocycles. The SMILES string of the molecule is [N-]=[N+]=NCC1=C(C(=O)O)N2C(=O)C[C@@H]2S(=O)(=O)C1. The second-order valence-electron chi connectivity index (χ2n) is 3.88. The maximum atomic E-state index is 11.8. The number of fused-ring (bicyclic) bond motifs is 1. The van der Waals surface area contributed by atoms with Crippen LogP contribution in [0.15, 0.2) is 16.4 Å². The Hall–Kier alpha value is -2.06. The van der Waals surface area contributed by atoms with Crippen molar-refractivity contribution in [3.63, 3.8) is 0 Å². The second-order valence-corrected chi connectivity index (χ2v) is 6.03. The second kappa shape index (κ2) is 4.00. The lowest BCUT2D eigenvalue weighted by molar-refractivity contribution is -0.146. The molecule has 2 heterocycles. The summed E-state index contributed by atoms with van der Waals surface area (Å²) in [4.78, 5) is 25.6. The summed E-state index contributed by atoms with van der Waals surface area (Å²) in [5, 5.41) is 11.1. The molecule has 1 N–H and O–H groups in total. The van der Waals surface area contributed by atoms with Crippen molar-refractivity contribution in [2.45, 2.75) is 11.8 Å². The number of carboxylic acid groups (broad SMARTS) is 1. The highest BCUT2D eigenvalue weighted by Gasteiger charge is 2.52. The van der Waals surface area contributed by atoms with Crippen molar-refractivity contribution in [1.82, 2.24) is 4.90 Å². The van der Waals surface area contributed by atoms with Crippen LogP contribution in [0.4, 0.5) is 0 Å². The number of azide groups is 1. The summed E-state index contributed by atoms with van der Waals surface area (Å²) >= 11 is 0. The van der Waals surface area contributed by atoms with Crippen molar-refractivity contribution in [2.24, 2.45) is 5.11 Å². The third kappa shape index (κ3) is 1.71. The zero-order valence-corrected chi connectivity index (χ0v) is 9.79. The van der Waals surface area contributed by atoms with Crippen LogP contribution in [0.1, 0.15) is 6.42 Å². The maximum absolute atomic E-state index is 11.8. The predicted molar refractivity (Wildman–Crippen MR) is 57.7 cm³/mol. The van der Waals surface area contributed by atoms with Gasteiger partial charge in [-0.15, -0.1) is 0 Å². The topological polar surface area (TPSA) is 141 Å². The summed E-state index contributed by atoms with van der Waals surface area (Å²) in [6.45, 7) is -0.381. The lowest BCUT2D eigenvalue weighted by Gasteiger charge is -2.43. The average molecular weight is 272 g/mol. The van der Waals surface area contributed by atoms with E-state index in [4.69, 9.17) is 10.6 Å². The van der Waals surface area contributed by atoms with Gasteiger partial charge in [0.15, 0.2) is 9.84 Å². The van der Waals surface area contributed by atoms with Gasteiger partial charge in [-0.2, -0.15) is 0 Å². The molecule has 2 aliphatic rings. The van der Waals surface area contributed by atoms with Crippen LogP contribution in [0.5, 0.6) is 0 Å². The van der Waals surface area contributed by atoms with Crippen molar-refractivity contribution in [1.29, 1.82) is 0 Å². The molecule has 0 unspecified atom stereocenters. The fourth-order valence-electron chi connectivity index (χ4n) is 2.01. The van der Waals surface area contributed by atoms with E-state index in [1.807, 2.05) is 0 Å². The van der Waals surface area contributed by atoms with Gasteiger partial charge in [-0.25, -0.2) is 13.2 Å². The molecule has 1 fully saturated rings. The summed E-state index contributed by atoms with van der Waals surface area (Å²) in [5.41, 5.74) is 7.75. The Morgan fingerprint density at radius 1 is 1.61 bits per heavy atom. The molecule has 2 aliphatic heterocycles. The highest BCUT2D eigenvalue weighted by atomic mass is 32.2. The Morgan fingerprint density at radius 2 is 2.28 bits per heavy atom. The van der Waals surface area contributed by atoms with Gasteiger partial charge in [0, 0.05) is 4.91 Å². The van der Waals surface area contributed by atoms with Crippen molar-refractivity contribution < 1.29 is 23.1 Å². The predicted octanol–water partition coefficient (Wildman–Crippen LogP) is -0.378. The summed E-state index contributed by atoms with van der Waals surface area (Å²) in [6.07, 6.45) is -0.200. The zero-order chi connectivity index (χ0) is 13.5. The van der Waals surface area contributed by atoms with E-state index >= 15 is 0 Å². The molecule has 9 nitrogen and oxygen atoms in total. The van der Waals surface area contributed by atoms with Crippen molar-refractivity contribution >= 4 is 21.7 Å². The number of amides is 1. The van der Waals surface area contributed by atoms with E-state index in [0.29, 0.717) is 0 Å². The Balaban J connectivity index is 2.54. The fraction of sp³-hybridized carbons (Fsp3) is 0.500. The molecule has 1 saturated heterocycles. The van der Waals surface area contributed by atoms with Gasteiger partial charge in [-0.05, 0) is 11.1 Å². The van der Waals surface area contributed by atoms with Crippen LogP contribution < -0.4 is 0 Å². The molecule has 0 spiro atoms. The number of β-lactam (4-membered cyclic amide) rings is 1. The molecule has 18 heavy (non-hydrogen) atoms. The molecule has 0 bridgehead atoms. The minimum Gasteiger partial charge on any atom is -0.477 e. The molecule has 0 aromatic heterocycles. The Bertz CT molecular complexity index is 615. The van der Waals surface area contributed by atoms with Gasteiger partial charge in [0.2, 0.25) is 5.91 Å². The smallest absolute Gasteiger partial charge is 0.352 e. The Labute approximate surface area is 101 Å². The molecule has 2 rings (SSSR count). The van der Waals surface area contributed by atoms with Gasteiger partial charge in [0.25, 0.3) is 0 Å². The van der Waals surface area contributed by atoms with Crippen LogP contribution in [0, 0.1) is 0 Å². The first kappa shape index (κ1) is 12.4. The van der Waals surface area contributed by atoms with E-state index < -0.39 is 32.8 Å². The molecule has 1 amide bonds. The van der Waals surface area contributed by atoms with Gasteiger partial charge >= 0.3 is 5.97 Å². The fourth-order valence-corrected chi connectivity index (χ4v) is 3.86. The number of carbonyl (C=O) groups is 2. The lowest BCUT2D eigenvalue weighted by atomic mass is 10.1. The van der Waals surface area contributed by atoms with E-state index in [0.717, 1.165) is 4.90 Å². The summed E-state index contributed by atoms with van der Waals surface area (Å²) in [7, 11) is -3.60. The van der Waals surface area contributed by atoms with Crippen LogP contribution in [0.3, 0.4) is 0 Å². The Morgan fingerprint density at radius 3 is 2.78 bits per heavy atom. The number of rotatable bonds is 3. The minimum atomic E-state index is -3.60. The normalized spacial score (nSPS) is 25.0. The maximum Gasteiger partial charge on any atom is 0.352 e. The molecule has 0 aromatic rings. The van der Waals surface area contributed by atoms with Crippen LogP contribution in [0.2, 0.25) is 0 Å². The van der Waals surface area contributed by atoms with E-state index in [-0.39, 0.29) is 24.2 Å². The Kier molecular flexibility index (Phi) is 2.76. The highest BCUT2D eigenvalue weighted by molar-refractivity contribution is 7.92. The first-order chi connectivity index (χ1) is 8.38. The molecule has 0 radical (unpaired) electrons. The first-order valence-electron chi connectivity index (χ1n) is 4.88. The van der Waals surface area contributed by atoms with E-state index in [2.05, 4.69) is 10.0 Å². The van der Waals surface area contributed by atoms with Gasteiger partial charge in [-0.3, -0.25) is 9.69 Å². The number of sulfone groups is 1. The molecule has 10 heteroatoms.